The van der Waals surface area contributed by atoms with E-state index < -0.39 is 0 Å². The van der Waals surface area contributed by atoms with Crippen LogP contribution >= 0.6 is 23.2 Å². The molecule has 0 atom stereocenters. The molecule has 4 rings (SSSR count). The van der Waals surface area contributed by atoms with Crippen LogP contribution in [-0.4, -0.2) is 38.3 Å². The average Bonchev–Trinajstić information content (AvgIpc) is 2.96. The second kappa shape index (κ2) is 6.54. The molecule has 1 fully saturated rings. The number of likely N-dealkylation sites (tertiary alicyclic amines) is 1. The predicted molar refractivity (Wildman–Crippen MR) is 102 cm³/mol. The molecule has 0 unspecified atom stereocenters. The van der Waals surface area contributed by atoms with Crippen LogP contribution in [0.2, 0.25) is 10.0 Å². The van der Waals surface area contributed by atoms with Crippen molar-refractivity contribution in [2.75, 3.05) is 13.1 Å². The number of imidazole rings is 1. The van der Waals surface area contributed by atoms with Crippen molar-refractivity contribution >= 4 is 34.9 Å². The number of fused-ring (bicyclic) bond motifs is 1. The van der Waals surface area contributed by atoms with Gasteiger partial charge in [0.1, 0.15) is 5.69 Å². The monoisotopic (exact) mass is 389 g/mol. The van der Waals surface area contributed by atoms with E-state index in [2.05, 4.69) is 9.97 Å². The van der Waals surface area contributed by atoms with Gasteiger partial charge in [0, 0.05) is 47.7 Å². The van der Waals surface area contributed by atoms with Crippen LogP contribution in [0.5, 0.6) is 0 Å². The van der Waals surface area contributed by atoms with Gasteiger partial charge in [-0.25, -0.2) is 9.97 Å². The molecule has 0 bridgehead atoms. The Morgan fingerprint density at radius 2 is 2.04 bits per heavy atom. The molecule has 26 heavy (non-hydrogen) atoms. The number of hydrogen-bond donors (Lipinski definition) is 1. The maximum Gasteiger partial charge on any atom is 0.274 e. The highest BCUT2D eigenvalue weighted by atomic mass is 35.5. The average molecular weight is 390 g/mol. The highest BCUT2D eigenvalue weighted by Gasteiger charge is 2.25. The quantitative estimate of drug-likeness (QED) is 0.745. The Morgan fingerprint density at radius 3 is 2.65 bits per heavy atom. The highest BCUT2D eigenvalue weighted by molar-refractivity contribution is 6.36. The molecule has 8 heteroatoms. The minimum atomic E-state index is -0.0816. The molecule has 1 amide bonds. The van der Waals surface area contributed by atoms with Crippen LogP contribution in [0.25, 0.3) is 17.0 Å². The van der Waals surface area contributed by atoms with Crippen molar-refractivity contribution in [2.45, 2.75) is 19.9 Å². The van der Waals surface area contributed by atoms with Crippen LogP contribution in [-0.2, 0) is 6.54 Å². The first-order chi connectivity index (χ1) is 12.5. The molecular formula is C18H17Cl2N5O. The highest BCUT2D eigenvalue weighted by Crippen LogP contribution is 2.34. The Bertz CT molecular complexity index is 1030. The van der Waals surface area contributed by atoms with Gasteiger partial charge in [0.05, 0.1) is 10.7 Å². The molecule has 134 valence electrons. The Hall–Kier alpha value is -2.15. The van der Waals surface area contributed by atoms with Crippen LogP contribution in [0.3, 0.4) is 0 Å². The molecule has 0 saturated carbocycles. The number of halogens is 2. The van der Waals surface area contributed by atoms with Crippen molar-refractivity contribution in [1.82, 2.24) is 19.3 Å². The molecular weight excluding hydrogens is 373 g/mol. The third kappa shape index (κ3) is 2.74. The van der Waals surface area contributed by atoms with Gasteiger partial charge in [0.25, 0.3) is 5.91 Å². The smallest absolute Gasteiger partial charge is 0.274 e. The fourth-order valence-corrected chi connectivity index (χ4v) is 3.65. The summed E-state index contributed by atoms with van der Waals surface area (Å²) >= 11 is 12.5. The summed E-state index contributed by atoms with van der Waals surface area (Å²) in [4.78, 5) is 23.3. The molecule has 2 N–H and O–H groups in total. The van der Waals surface area contributed by atoms with Gasteiger partial charge in [-0.2, -0.15) is 0 Å². The lowest BCUT2D eigenvalue weighted by Crippen LogP contribution is -2.42. The molecule has 0 aliphatic carbocycles. The Balaban J connectivity index is 1.96. The van der Waals surface area contributed by atoms with E-state index in [1.807, 2.05) is 13.0 Å². The van der Waals surface area contributed by atoms with Crippen LogP contribution < -0.4 is 5.73 Å². The standard InChI is InChI=1S/C18H17Cl2N5O/c1-10-13(8-21)16(12-4-3-11(19)7-14(12)20)25-9-15(23-18(25)22-10)17(26)24-5-2-6-24/h3-4,7,9H,2,5-6,8,21H2,1H3. The second-order valence-corrected chi connectivity index (χ2v) is 7.14. The molecule has 1 aliphatic rings. The van der Waals surface area contributed by atoms with Crippen LogP contribution in [0.4, 0.5) is 0 Å². The lowest BCUT2D eigenvalue weighted by Gasteiger charge is -2.29. The van der Waals surface area contributed by atoms with E-state index in [4.69, 9.17) is 28.9 Å². The number of aromatic nitrogens is 3. The number of benzene rings is 1. The van der Waals surface area contributed by atoms with Crippen molar-refractivity contribution in [3.8, 4) is 11.3 Å². The van der Waals surface area contributed by atoms with Gasteiger partial charge < -0.3 is 10.6 Å². The molecule has 1 aromatic carbocycles. The van der Waals surface area contributed by atoms with Gasteiger partial charge in [-0.3, -0.25) is 9.20 Å². The molecule has 0 radical (unpaired) electrons. The summed E-state index contributed by atoms with van der Waals surface area (Å²) in [5, 5.41) is 1.05. The number of nitrogens with two attached hydrogens (primary N) is 1. The summed E-state index contributed by atoms with van der Waals surface area (Å²) < 4.78 is 1.79. The lowest BCUT2D eigenvalue weighted by atomic mass is 10.0. The predicted octanol–water partition coefficient (Wildman–Crippen LogP) is 3.32. The zero-order valence-corrected chi connectivity index (χ0v) is 15.7. The number of carbonyl (C=O) groups excluding carboxylic acids is 1. The van der Waals surface area contributed by atoms with E-state index in [1.54, 1.807) is 27.6 Å². The number of aryl methyl sites for hydroxylation is 1. The normalized spacial score (nSPS) is 13.9. The Morgan fingerprint density at radius 1 is 1.27 bits per heavy atom. The zero-order chi connectivity index (χ0) is 18.4. The third-order valence-electron chi connectivity index (χ3n) is 4.67. The topological polar surface area (TPSA) is 76.5 Å². The van der Waals surface area contributed by atoms with Crippen molar-refractivity contribution in [1.29, 1.82) is 0 Å². The van der Waals surface area contributed by atoms with E-state index in [1.165, 1.54) is 0 Å². The van der Waals surface area contributed by atoms with Crippen molar-refractivity contribution in [2.24, 2.45) is 5.73 Å². The van der Waals surface area contributed by atoms with Crippen LogP contribution in [0.1, 0.15) is 28.2 Å². The van der Waals surface area contributed by atoms with Gasteiger partial charge in [-0.15, -0.1) is 0 Å². The maximum absolute atomic E-state index is 12.5. The first-order valence-corrected chi connectivity index (χ1v) is 9.08. The number of hydrogen-bond acceptors (Lipinski definition) is 4. The Kier molecular flexibility index (Phi) is 4.34. The van der Waals surface area contributed by atoms with Gasteiger partial charge in [-0.1, -0.05) is 23.2 Å². The van der Waals surface area contributed by atoms with Gasteiger partial charge in [0.15, 0.2) is 0 Å². The molecule has 1 aliphatic heterocycles. The van der Waals surface area contributed by atoms with E-state index in [9.17, 15) is 4.79 Å². The largest absolute Gasteiger partial charge is 0.337 e. The van der Waals surface area contributed by atoms with Crippen molar-refractivity contribution in [3.05, 3.63) is 51.4 Å². The van der Waals surface area contributed by atoms with Crippen LogP contribution in [0.15, 0.2) is 24.4 Å². The molecule has 2 aromatic heterocycles. The van der Waals surface area contributed by atoms with Crippen LogP contribution in [0, 0.1) is 6.92 Å². The minimum Gasteiger partial charge on any atom is -0.337 e. The van der Waals surface area contributed by atoms with E-state index in [-0.39, 0.29) is 12.5 Å². The molecule has 1 saturated heterocycles. The maximum atomic E-state index is 12.5. The third-order valence-corrected chi connectivity index (χ3v) is 5.22. The lowest BCUT2D eigenvalue weighted by molar-refractivity contribution is 0.0646. The summed E-state index contributed by atoms with van der Waals surface area (Å²) in [7, 11) is 0. The first-order valence-electron chi connectivity index (χ1n) is 8.33. The summed E-state index contributed by atoms with van der Waals surface area (Å²) in [6.07, 6.45) is 2.74. The number of carbonyl (C=O) groups is 1. The van der Waals surface area contributed by atoms with E-state index >= 15 is 0 Å². The Labute approximate surface area is 160 Å². The van der Waals surface area contributed by atoms with E-state index in [0.717, 1.165) is 42.0 Å². The number of amides is 1. The first kappa shape index (κ1) is 17.3. The van der Waals surface area contributed by atoms with E-state index in [0.29, 0.717) is 21.5 Å². The summed E-state index contributed by atoms with van der Waals surface area (Å²) in [5.41, 5.74) is 9.52. The summed E-state index contributed by atoms with van der Waals surface area (Å²) in [6, 6.07) is 5.30. The minimum absolute atomic E-state index is 0.0816. The van der Waals surface area contributed by atoms with Crippen molar-refractivity contribution in [3.63, 3.8) is 0 Å². The SMILES string of the molecule is Cc1nc2nc(C(=O)N3CCC3)cn2c(-c2ccc(Cl)cc2Cl)c1CN. The number of nitrogens with zero attached hydrogens (tertiary/aromatic N) is 4. The molecule has 3 heterocycles. The van der Waals surface area contributed by atoms with Gasteiger partial charge >= 0.3 is 0 Å². The summed E-state index contributed by atoms with van der Waals surface area (Å²) in [6.45, 7) is 3.70. The number of rotatable bonds is 3. The zero-order valence-electron chi connectivity index (χ0n) is 14.2. The second-order valence-electron chi connectivity index (χ2n) is 6.29. The fraction of sp³-hybridized carbons (Fsp3) is 0.278. The van der Waals surface area contributed by atoms with Crippen molar-refractivity contribution < 1.29 is 4.79 Å². The molecule has 0 spiro atoms. The molecule has 3 aromatic rings. The van der Waals surface area contributed by atoms with Gasteiger partial charge in [0.2, 0.25) is 5.78 Å². The fourth-order valence-electron chi connectivity index (χ4n) is 3.15. The van der Waals surface area contributed by atoms with Gasteiger partial charge in [-0.05, 0) is 31.5 Å². The summed E-state index contributed by atoms with van der Waals surface area (Å²) in [5.74, 6) is 0.367. The molecule has 6 nitrogen and oxygen atoms in total.